The molecule has 18 heavy (non-hydrogen) atoms. The van der Waals surface area contributed by atoms with Crippen LogP contribution in [0.3, 0.4) is 0 Å². The molecule has 0 aromatic heterocycles. The van der Waals surface area contributed by atoms with Crippen LogP contribution >= 0.6 is 18.9 Å². The molecule has 0 saturated heterocycles. The second-order valence-corrected chi connectivity index (χ2v) is 13.5. The molecule has 0 aromatic carbocycles. The first-order chi connectivity index (χ1) is 8.39. The summed E-state index contributed by atoms with van der Waals surface area (Å²) in [5.74, 6) is 0. The van der Waals surface area contributed by atoms with Crippen LogP contribution in [0.1, 0.15) is 27.2 Å². The maximum absolute atomic E-state index is 5.77. The Morgan fingerprint density at radius 3 is 1.72 bits per heavy atom. The van der Waals surface area contributed by atoms with Crippen LogP contribution in [-0.2, 0) is 17.8 Å². The third-order valence-electron chi connectivity index (χ3n) is 2.18. The summed E-state index contributed by atoms with van der Waals surface area (Å²) in [6, 6.07) is 0.806. The van der Waals surface area contributed by atoms with Crippen molar-refractivity contribution in [2.45, 2.75) is 33.2 Å². The molecule has 0 unspecified atom stereocenters. The number of hydrogen-bond acceptors (Lipinski definition) is 5. The van der Waals surface area contributed by atoms with Gasteiger partial charge in [0, 0.05) is 0 Å². The van der Waals surface area contributed by atoms with Gasteiger partial charge in [-0.15, -0.1) is 0 Å². The summed E-state index contributed by atoms with van der Waals surface area (Å²) in [5, 5.41) is 0. The van der Waals surface area contributed by atoms with Crippen LogP contribution in [0.4, 0.5) is 0 Å². The Kier molecular flexibility index (Phi) is 10.1. The molecular formula is C11H29O4PSSi. The van der Waals surface area contributed by atoms with Crippen LogP contribution in [0.15, 0.2) is 0 Å². The van der Waals surface area contributed by atoms with Crippen molar-refractivity contribution in [2.24, 2.45) is 0 Å². The summed E-state index contributed by atoms with van der Waals surface area (Å²) in [4.78, 5) is 0. The van der Waals surface area contributed by atoms with E-state index in [1.165, 1.54) is 0 Å². The van der Waals surface area contributed by atoms with Gasteiger partial charge in [0.25, 0.3) is 0 Å². The number of rotatable bonds is 11. The molecule has 0 saturated carbocycles. The van der Waals surface area contributed by atoms with E-state index in [0.29, 0.717) is 26.4 Å². The summed E-state index contributed by atoms with van der Waals surface area (Å²) >= 11 is 4.46. The van der Waals surface area contributed by atoms with Gasteiger partial charge in [-0.2, -0.15) is 0 Å². The van der Waals surface area contributed by atoms with Gasteiger partial charge in [0.1, 0.15) is 0 Å². The molecule has 4 nitrogen and oxygen atoms in total. The van der Waals surface area contributed by atoms with E-state index < -0.39 is 15.5 Å². The number of thiol groups is 1. The Morgan fingerprint density at radius 2 is 1.39 bits per heavy atom. The van der Waals surface area contributed by atoms with Gasteiger partial charge in [-0.1, -0.05) is 0 Å². The van der Waals surface area contributed by atoms with Crippen molar-refractivity contribution in [1.82, 2.24) is 0 Å². The molecule has 0 aliphatic carbocycles. The second kappa shape index (κ2) is 9.70. The maximum atomic E-state index is 5.77. The molecule has 0 aromatic rings. The zero-order valence-corrected chi connectivity index (χ0v) is 15.2. The molecular weight excluding hydrogens is 287 g/mol. The van der Waals surface area contributed by atoms with Crippen molar-refractivity contribution in [3.63, 3.8) is 0 Å². The minimum atomic E-state index is -2.48. The summed E-state index contributed by atoms with van der Waals surface area (Å²) in [6.07, 6.45) is 0.892. The van der Waals surface area contributed by atoms with Crippen molar-refractivity contribution in [2.75, 3.05) is 39.8 Å². The van der Waals surface area contributed by atoms with Crippen LogP contribution in [0.25, 0.3) is 0 Å². The van der Waals surface area contributed by atoms with Gasteiger partial charge < -0.3 is 0 Å². The molecule has 0 N–H and O–H groups in total. The van der Waals surface area contributed by atoms with Crippen LogP contribution < -0.4 is 0 Å². The van der Waals surface area contributed by atoms with Gasteiger partial charge in [0.15, 0.2) is 0 Å². The van der Waals surface area contributed by atoms with Crippen molar-refractivity contribution in [3.05, 3.63) is 0 Å². The molecule has 0 atom stereocenters. The average Bonchev–Trinajstić information content (AvgIpc) is 2.24. The monoisotopic (exact) mass is 316 g/mol. The minimum absolute atomic E-state index is 0.625. The van der Waals surface area contributed by atoms with E-state index in [1.807, 2.05) is 20.8 Å². The van der Waals surface area contributed by atoms with Crippen LogP contribution in [-0.4, -0.2) is 48.6 Å². The molecule has 0 rings (SSSR count). The summed E-state index contributed by atoms with van der Waals surface area (Å²) in [7, 11) is -2.48. The van der Waals surface area contributed by atoms with Gasteiger partial charge in [0.2, 0.25) is 0 Å². The van der Waals surface area contributed by atoms with E-state index in [1.54, 1.807) is 0 Å². The summed E-state index contributed by atoms with van der Waals surface area (Å²) in [5.41, 5.74) is 0. The van der Waals surface area contributed by atoms with Crippen LogP contribution in [0.2, 0.25) is 6.04 Å². The molecule has 0 heterocycles. The molecule has 0 bridgehead atoms. The normalized spacial score (nSPS) is 13.9. The van der Waals surface area contributed by atoms with Crippen LogP contribution in [0.5, 0.6) is 0 Å². The quantitative estimate of drug-likeness (QED) is 0.275. The Bertz CT molecular complexity index is 197. The van der Waals surface area contributed by atoms with E-state index in [-0.39, 0.29) is 0 Å². The number of hydrogen-bond donors (Lipinski definition) is 1. The Balaban J connectivity index is 4.21. The molecule has 0 radical (unpaired) electrons. The fourth-order valence-corrected chi connectivity index (χ4v) is 5.11. The van der Waals surface area contributed by atoms with Gasteiger partial charge in [-0.05, 0) is 0 Å². The van der Waals surface area contributed by atoms with Gasteiger partial charge in [0.05, 0.1) is 0 Å². The average molecular weight is 316 g/mol. The first-order valence-electron chi connectivity index (χ1n) is 6.67. The summed E-state index contributed by atoms with van der Waals surface area (Å²) in [6.45, 7) is 10.9. The van der Waals surface area contributed by atoms with Crippen molar-refractivity contribution in [3.8, 4) is 0 Å². The molecule has 0 spiro atoms. The Morgan fingerprint density at radius 1 is 0.944 bits per heavy atom. The standard InChI is InChI=1S/C11H29O4PSSi/c1-6-13-18(14-7-2,15-8-3)11-9-10-12-16(4,5)17/h16-17H,6-11H2,1-5H3. The second-order valence-electron chi connectivity index (χ2n) is 4.38. The predicted octanol–water partition coefficient (Wildman–Crippen LogP) is 3.21. The zero-order chi connectivity index (χ0) is 14.1. The molecule has 0 fully saturated rings. The fourth-order valence-electron chi connectivity index (χ4n) is 1.61. The Labute approximate surface area is 119 Å². The van der Waals surface area contributed by atoms with E-state index in [9.17, 15) is 0 Å². The SMILES string of the molecule is CCO[Si](CCCO[PH](C)(C)S)(OCC)OCC. The first-order valence-corrected chi connectivity index (χ1v) is 12.8. The van der Waals surface area contributed by atoms with Crippen molar-refractivity contribution < 1.29 is 17.8 Å². The van der Waals surface area contributed by atoms with E-state index in [0.717, 1.165) is 12.5 Å². The van der Waals surface area contributed by atoms with Gasteiger partial charge in [-0.25, -0.2) is 0 Å². The fraction of sp³-hybridized carbons (Fsp3) is 1.00. The van der Waals surface area contributed by atoms with E-state index in [2.05, 4.69) is 25.6 Å². The molecule has 7 heteroatoms. The first kappa shape index (κ1) is 18.8. The molecule has 0 aliphatic rings. The van der Waals surface area contributed by atoms with E-state index >= 15 is 0 Å². The van der Waals surface area contributed by atoms with E-state index in [4.69, 9.17) is 17.8 Å². The molecule has 0 amide bonds. The van der Waals surface area contributed by atoms with Crippen molar-refractivity contribution in [1.29, 1.82) is 0 Å². The third kappa shape index (κ3) is 8.86. The third-order valence-corrected chi connectivity index (χ3v) is 6.62. The summed E-state index contributed by atoms with van der Waals surface area (Å²) < 4.78 is 23.0. The zero-order valence-electron chi connectivity index (χ0n) is 12.3. The predicted molar refractivity (Wildman–Crippen MR) is 85.2 cm³/mol. The molecule has 112 valence electrons. The molecule has 0 aliphatic heterocycles. The van der Waals surface area contributed by atoms with Crippen molar-refractivity contribution >= 4 is 27.7 Å². The van der Waals surface area contributed by atoms with Crippen LogP contribution in [0, 0.1) is 0 Å². The van der Waals surface area contributed by atoms with Gasteiger partial charge >= 0.3 is 119 Å². The Hall–Kier alpha value is 0.837. The topological polar surface area (TPSA) is 36.9 Å². The van der Waals surface area contributed by atoms with Gasteiger partial charge in [-0.3, -0.25) is 0 Å².